The zero-order chi connectivity index (χ0) is 20.3. The number of hydrogen-bond donors (Lipinski definition) is 2. The summed E-state index contributed by atoms with van der Waals surface area (Å²) in [5.74, 6) is -0.274. The smallest absolute Gasteiger partial charge is 0.307 e. The number of rotatable bonds is 6. The summed E-state index contributed by atoms with van der Waals surface area (Å²) in [7, 11) is 3.35. The van der Waals surface area contributed by atoms with Crippen molar-refractivity contribution in [2.45, 2.75) is 38.3 Å². The fraction of sp³-hybridized carbons (Fsp3) is 0.450. The Balaban J connectivity index is 1.60. The van der Waals surface area contributed by atoms with Crippen molar-refractivity contribution in [3.05, 3.63) is 41.5 Å². The molecule has 8 heteroatoms. The Kier molecular flexibility index (Phi) is 6.08. The van der Waals surface area contributed by atoms with E-state index >= 15 is 0 Å². The molecule has 150 valence electrons. The number of methoxy groups -OCH3 is 1. The zero-order valence-corrected chi connectivity index (χ0v) is 16.3. The van der Waals surface area contributed by atoms with E-state index in [0.717, 1.165) is 12.8 Å². The van der Waals surface area contributed by atoms with E-state index in [4.69, 9.17) is 4.74 Å². The van der Waals surface area contributed by atoms with Gasteiger partial charge in [-0.15, -0.1) is 0 Å². The van der Waals surface area contributed by atoms with Gasteiger partial charge in [-0.05, 0) is 51.1 Å². The van der Waals surface area contributed by atoms with Gasteiger partial charge in [0.1, 0.15) is 17.3 Å². The van der Waals surface area contributed by atoms with Crippen molar-refractivity contribution in [1.29, 1.82) is 0 Å². The molecular formula is C20H25FN4O3. The molecule has 1 amide bonds. The SMILES string of the molecule is COC(=O)C[C@H]1CC[C@@H](CNC(=O)c2nc(-c3ccc(F)cc3)[nH]c2C)N1C. The number of nitrogens with zero attached hydrogens (tertiary/aromatic N) is 2. The first-order valence-electron chi connectivity index (χ1n) is 9.28. The van der Waals surface area contributed by atoms with Crippen LogP contribution in [0.15, 0.2) is 24.3 Å². The minimum atomic E-state index is -0.323. The first-order chi connectivity index (χ1) is 13.4. The Bertz CT molecular complexity index is 850. The van der Waals surface area contributed by atoms with E-state index in [1.54, 1.807) is 19.1 Å². The van der Waals surface area contributed by atoms with E-state index in [2.05, 4.69) is 20.2 Å². The van der Waals surface area contributed by atoms with Gasteiger partial charge in [-0.25, -0.2) is 9.37 Å². The first kappa shape index (κ1) is 20.0. The summed E-state index contributed by atoms with van der Waals surface area (Å²) in [6.45, 7) is 2.26. The molecule has 0 spiro atoms. The molecule has 28 heavy (non-hydrogen) atoms. The number of likely N-dealkylation sites (N-methyl/N-ethyl adjacent to an activating group) is 1. The van der Waals surface area contributed by atoms with Crippen LogP contribution in [0.5, 0.6) is 0 Å². The molecular weight excluding hydrogens is 363 g/mol. The van der Waals surface area contributed by atoms with Crippen LogP contribution in [0, 0.1) is 12.7 Å². The lowest BCUT2D eigenvalue weighted by Gasteiger charge is -2.25. The third-order valence-electron chi connectivity index (χ3n) is 5.33. The molecule has 0 bridgehead atoms. The van der Waals surface area contributed by atoms with Crippen molar-refractivity contribution in [2.75, 3.05) is 20.7 Å². The molecule has 1 saturated heterocycles. The van der Waals surface area contributed by atoms with Crippen LogP contribution in [0.3, 0.4) is 0 Å². The second-order valence-electron chi connectivity index (χ2n) is 7.11. The van der Waals surface area contributed by atoms with Crippen LogP contribution in [0.25, 0.3) is 11.4 Å². The van der Waals surface area contributed by atoms with Crippen LogP contribution >= 0.6 is 0 Å². The van der Waals surface area contributed by atoms with Crippen LogP contribution in [-0.4, -0.2) is 59.5 Å². The number of imidazole rings is 1. The van der Waals surface area contributed by atoms with Crippen molar-refractivity contribution in [2.24, 2.45) is 0 Å². The van der Waals surface area contributed by atoms with Gasteiger partial charge in [-0.3, -0.25) is 14.5 Å². The van der Waals surface area contributed by atoms with E-state index in [-0.39, 0.29) is 29.8 Å². The van der Waals surface area contributed by atoms with Gasteiger partial charge in [-0.2, -0.15) is 0 Å². The maximum absolute atomic E-state index is 13.1. The quantitative estimate of drug-likeness (QED) is 0.742. The van der Waals surface area contributed by atoms with Crippen molar-refractivity contribution in [1.82, 2.24) is 20.2 Å². The molecule has 0 unspecified atom stereocenters. The van der Waals surface area contributed by atoms with Crippen molar-refractivity contribution >= 4 is 11.9 Å². The van der Waals surface area contributed by atoms with E-state index in [9.17, 15) is 14.0 Å². The maximum Gasteiger partial charge on any atom is 0.307 e. The average molecular weight is 388 g/mol. The summed E-state index contributed by atoms with van der Waals surface area (Å²) in [5.41, 5.74) is 1.69. The average Bonchev–Trinajstić information content (AvgIpc) is 3.23. The number of esters is 1. The van der Waals surface area contributed by atoms with Gasteiger partial charge >= 0.3 is 5.97 Å². The van der Waals surface area contributed by atoms with Crippen molar-refractivity contribution in [3.8, 4) is 11.4 Å². The number of hydrogen-bond acceptors (Lipinski definition) is 5. The number of nitrogens with one attached hydrogen (secondary N) is 2. The third kappa shape index (κ3) is 4.39. The Labute approximate surface area is 163 Å². The molecule has 3 rings (SSSR count). The van der Waals surface area contributed by atoms with E-state index in [1.807, 2.05) is 7.05 Å². The van der Waals surface area contributed by atoms with E-state index < -0.39 is 0 Å². The molecule has 1 aromatic carbocycles. The first-order valence-corrected chi connectivity index (χ1v) is 9.28. The number of benzene rings is 1. The van der Waals surface area contributed by atoms with Gasteiger partial charge in [0.2, 0.25) is 0 Å². The predicted octanol–water partition coefficient (Wildman–Crippen LogP) is 2.28. The van der Waals surface area contributed by atoms with E-state index in [0.29, 0.717) is 35.7 Å². The summed E-state index contributed by atoms with van der Waals surface area (Å²) >= 11 is 0. The molecule has 1 aromatic heterocycles. The highest BCUT2D eigenvalue weighted by Crippen LogP contribution is 2.24. The molecule has 2 heterocycles. The fourth-order valence-electron chi connectivity index (χ4n) is 3.58. The molecule has 2 atom stereocenters. The minimum Gasteiger partial charge on any atom is -0.469 e. The number of carbonyl (C=O) groups excluding carboxylic acids is 2. The monoisotopic (exact) mass is 388 g/mol. The molecule has 0 radical (unpaired) electrons. The fourth-order valence-corrected chi connectivity index (χ4v) is 3.58. The number of carbonyl (C=O) groups is 2. The number of aromatic nitrogens is 2. The maximum atomic E-state index is 13.1. The lowest BCUT2D eigenvalue weighted by molar-refractivity contribution is -0.141. The van der Waals surface area contributed by atoms with Gasteiger partial charge in [0.05, 0.1) is 13.5 Å². The second-order valence-corrected chi connectivity index (χ2v) is 7.11. The highest BCUT2D eigenvalue weighted by molar-refractivity contribution is 5.94. The number of H-pyrrole nitrogens is 1. The molecule has 0 aliphatic carbocycles. The Morgan fingerprint density at radius 1 is 1.29 bits per heavy atom. The van der Waals surface area contributed by atoms with Gasteiger partial charge in [-0.1, -0.05) is 0 Å². The highest BCUT2D eigenvalue weighted by atomic mass is 19.1. The van der Waals surface area contributed by atoms with Crippen LogP contribution in [0.2, 0.25) is 0 Å². The summed E-state index contributed by atoms with van der Waals surface area (Å²) < 4.78 is 17.8. The Morgan fingerprint density at radius 2 is 1.96 bits per heavy atom. The van der Waals surface area contributed by atoms with Crippen LogP contribution in [-0.2, 0) is 9.53 Å². The lowest BCUT2D eigenvalue weighted by Crippen LogP contribution is -2.41. The predicted molar refractivity (Wildman–Crippen MR) is 102 cm³/mol. The second kappa shape index (κ2) is 8.52. The summed E-state index contributed by atoms with van der Waals surface area (Å²) in [4.78, 5) is 33.7. The normalized spacial score (nSPS) is 19.6. The van der Waals surface area contributed by atoms with Gasteiger partial charge in [0.15, 0.2) is 0 Å². The van der Waals surface area contributed by atoms with Gasteiger partial charge < -0.3 is 15.0 Å². The molecule has 1 aliphatic rings. The number of aromatic amines is 1. The van der Waals surface area contributed by atoms with Gasteiger partial charge in [0, 0.05) is 29.9 Å². The molecule has 7 nitrogen and oxygen atoms in total. The highest BCUT2D eigenvalue weighted by Gasteiger charge is 2.32. The Hall–Kier alpha value is -2.74. The molecule has 1 fully saturated rings. The van der Waals surface area contributed by atoms with Crippen molar-refractivity contribution < 1.29 is 18.7 Å². The summed E-state index contributed by atoms with van der Waals surface area (Å²) in [6, 6.07) is 6.23. The standard InChI is InChI=1S/C20H25FN4O3/c1-12-18(24-19(23-12)13-4-6-14(21)7-5-13)20(27)22-11-16-9-8-15(25(16)2)10-17(26)28-3/h4-7,15-16H,8-11H2,1-3H3,(H,22,27)(H,23,24)/t15-,16+/m1/s1. The van der Waals surface area contributed by atoms with Crippen LogP contribution in [0.4, 0.5) is 4.39 Å². The minimum absolute atomic E-state index is 0.131. The number of amides is 1. The third-order valence-corrected chi connectivity index (χ3v) is 5.33. The number of aryl methyl sites for hydroxylation is 1. The van der Waals surface area contributed by atoms with E-state index in [1.165, 1.54) is 19.2 Å². The molecule has 2 N–H and O–H groups in total. The van der Waals surface area contributed by atoms with Gasteiger partial charge in [0.25, 0.3) is 5.91 Å². The zero-order valence-electron chi connectivity index (χ0n) is 16.3. The number of halogens is 1. The largest absolute Gasteiger partial charge is 0.469 e. The van der Waals surface area contributed by atoms with Crippen LogP contribution in [0.1, 0.15) is 35.4 Å². The lowest BCUT2D eigenvalue weighted by atomic mass is 10.1. The molecule has 1 aliphatic heterocycles. The number of likely N-dealkylation sites (tertiary alicyclic amines) is 1. The summed E-state index contributed by atoms with van der Waals surface area (Å²) in [6.07, 6.45) is 2.15. The number of ether oxygens (including phenoxy) is 1. The van der Waals surface area contributed by atoms with Crippen molar-refractivity contribution in [3.63, 3.8) is 0 Å². The molecule has 2 aromatic rings. The summed E-state index contributed by atoms with van der Waals surface area (Å²) in [5, 5.41) is 2.93. The van der Waals surface area contributed by atoms with Crippen LogP contribution < -0.4 is 5.32 Å². The molecule has 0 saturated carbocycles. The Morgan fingerprint density at radius 3 is 2.64 bits per heavy atom. The topological polar surface area (TPSA) is 87.3 Å².